The van der Waals surface area contributed by atoms with Crippen LogP contribution < -0.4 is 53.8 Å². The third kappa shape index (κ3) is 19.1. The van der Waals surface area contributed by atoms with Gasteiger partial charge in [0.2, 0.25) is 41.4 Å². The second-order valence-electron chi connectivity index (χ2n) is 17.8. The maximum atomic E-state index is 14.1. The number of anilines is 1. The second-order valence-corrected chi connectivity index (χ2v) is 17.8. The molecule has 1 aliphatic heterocycles. The molecular weight excluding hydrogens is 947 g/mol. The van der Waals surface area contributed by atoms with Gasteiger partial charge >= 0.3 is 0 Å². The Morgan fingerprint density at radius 3 is 2.25 bits per heavy atom. The Labute approximate surface area is 425 Å². The lowest BCUT2D eigenvalue weighted by molar-refractivity contribution is -0.138. The summed E-state index contributed by atoms with van der Waals surface area (Å²) < 4.78 is 11.4. The molecule has 73 heavy (non-hydrogen) atoms. The Morgan fingerprint density at radius 1 is 0.849 bits per heavy atom. The van der Waals surface area contributed by atoms with Crippen molar-refractivity contribution >= 4 is 63.9 Å². The highest BCUT2D eigenvalue weighted by molar-refractivity contribution is 5.94. The lowest BCUT2D eigenvalue weighted by Crippen LogP contribution is -2.58. The zero-order valence-corrected chi connectivity index (χ0v) is 42.7. The minimum atomic E-state index is -1.12. The number of methoxy groups -OCH3 is 1. The molecule has 0 spiro atoms. The number of aliphatic imine (C=N–C) groups is 1. The van der Waals surface area contributed by atoms with Gasteiger partial charge in [0.05, 0.1) is 43.4 Å². The molecule has 3 heterocycles. The molecule has 0 aliphatic carbocycles. The summed E-state index contributed by atoms with van der Waals surface area (Å²) in [5.74, 6) is -3.63. The summed E-state index contributed by atoms with van der Waals surface area (Å²) in [4.78, 5) is 126. The predicted octanol–water partition coefficient (Wildman–Crippen LogP) is -1.45. The average molecular weight is 1020 g/mol. The van der Waals surface area contributed by atoms with Crippen LogP contribution in [0.4, 0.5) is 5.69 Å². The van der Waals surface area contributed by atoms with Crippen molar-refractivity contribution in [1.82, 2.24) is 56.3 Å². The van der Waals surface area contributed by atoms with Crippen LogP contribution >= 0.6 is 0 Å². The number of hydrogen-bond donors (Lipinski definition) is 9. The van der Waals surface area contributed by atoms with Crippen molar-refractivity contribution in [3.63, 3.8) is 0 Å². The van der Waals surface area contributed by atoms with E-state index in [-0.39, 0.29) is 67.9 Å². The number of hydrogen-bond acceptors (Lipinski definition) is 14. The number of nitrogens with two attached hydrogens (primary N) is 2. The number of ether oxygens (including phenoxy) is 2. The standard InChI is InChI=1S/C48H75N15O10/c1-6-8-10-37(58-45(69)42(31(3)7-2)60-40(65)15-14-39(64)53-17-22-73-24-23-72-5)47(71)62-20-18-61(19-21-62)33-12-13-35-34(26-33)46(70)63(30-56-35)28-41(66)57-36(11-9-16-54-48(49)50)44(68)59-38(43(67)51-4)25-32-27-52-29-55-32/h12-13,26-27,29-31,36-38,42H,6-11,14-25,28H2,1-5H3,(H,51,67)(H,52,55)(H,53,64)(H,57,66)(H,58,69)(H,59,68)(H,60,65)(H4,49,50,54)/t31-,36-,37-,38-,42-/m0/s1. The number of aromatic amines is 1. The largest absolute Gasteiger partial charge is 0.382 e. The SMILES string of the molecule is CCCC[C@H](NC(=O)[C@@H](NC(=O)CCC(=O)NCCOCCOC)[C@@H](C)CC)C(=O)N1CCN(c2ccc3ncn(CC(=O)N[C@@H](CCCN=C(N)N)C(=O)N[C@@H](Cc4cnc[nH]4)C(=O)NC)c(=O)c3c2)CC1. The highest BCUT2D eigenvalue weighted by atomic mass is 16.5. The predicted molar refractivity (Wildman–Crippen MR) is 273 cm³/mol. The molecule has 4 rings (SSSR count). The van der Waals surface area contributed by atoms with Gasteiger partial charge in [0.1, 0.15) is 30.7 Å². The van der Waals surface area contributed by atoms with Crippen molar-refractivity contribution in [2.24, 2.45) is 22.4 Å². The van der Waals surface area contributed by atoms with Crippen LogP contribution in [0, 0.1) is 5.92 Å². The number of unbranched alkanes of at least 4 members (excludes halogenated alkanes) is 1. The maximum Gasteiger partial charge on any atom is 0.261 e. The van der Waals surface area contributed by atoms with E-state index in [1.807, 2.05) is 31.7 Å². The number of carbonyl (C=O) groups is 7. The van der Waals surface area contributed by atoms with E-state index in [1.54, 1.807) is 24.1 Å². The number of H-pyrrole nitrogens is 1. The number of likely N-dealkylation sites (N-methyl/N-ethyl adjacent to an activating group) is 1. The molecule has 2 aromatic heterocycles. The number of benzene rings is 1. The van der Waals surface area contributed by atoms with Gasteiger partial charge in [0, 0.05) is 90.3 Å². The fourth-order valence-corrected chi connectivity index (χ4v) is 8.00. The van der Waals surface area contributed by atoms with E-state index in [9.17, 15) is 38.4 Å². The number of nitrogens with zero attached hydrogens (tertiary/aromatic N) is 6. The number of nitrogens with one attached hydrogen (secondary N) is 7. The fraction of sp³-hybridized carbons (Fsp3) is 0.604. The van der Waals surface area contributed by atoms with Crippen LogP contribution in [-0.2, 0) is 56.0 Å². The first-order chi connectivity index (χ1) is 35.1. The Morgan fingerprint density at radius 2 is 1.58 bits per heavy atom. The highest BCUT2D eigenvalue weighted by Gasteiger charge is 2.33. The van der Waals surface area contributed by atoms with Crippen molar-refractivity contribution in [1.29, 1.82) is 0 Å². The van der Waals surface area contributed by atoms with Crippen LogP contribution in [-0.4, -0.2) is 169 Å². The minimum Gasteiger partial charge on any atom is -0.382 e. The van der Waals surface area contributed by atoms with Crippen LogP contribution in [0.3, 0.4) is 0 Å². The van der Waals surface area contributed by atoms with Crippen molar-refractivity contribution in [2.45, 2.75) is 109 Å². The van der Waals surface area contributed by atoms with E-state index in [0.717, 1.165) is 11.0 Å². The normalized spacial score (nSPS) is 14.5. The molecule has 402 valence electrons. The van der Waals surface area contributed by atoms with Crippen molar-refractivity contribution in [3.05, 3.63) is 53.1 Å². The van der Waals surface area contributed by atoms with Gasteiger partial charge < -0.3 is 67.6 Å². The molecule has 25 nitrogen and oxygen atoms in total. The topological polar surface area (TPSA) is 345 Å². The third-order valence-electron chi connectivity index (χ3n) is 12.4. The number of aromatic nitrogens is 4. The molecule has 25 heteroatoms. The van der Waals surface area contributed by atoms with E-state index in [1.165, 1.54) is 25.9 Å². The fourth-order valence-electron chi connectivity index (χ4n) is 8.00. The smallest absolute Gasteiger partial charge is 0.261 e. The first kappa shape index (κ1) is 58.4. The molecule has 0 radical (unpaired) electrons. The van der Waals surface area contributed by atoms with Crippen molar-refractivity contribution < 1.29 is 43.0 Å². The molecule has 0 unspecified atom stereocenters. The number of fused-ring (bicyclic) bond motifs is 1. The highest BCUT2D eigenvalue weighted by Crippen LogP contribution is 2.21. The van der Waals surface area contributed by atoms with Gasteiger partial charge in [-0.15, -0.1) is 0 Å². The Kier molecular flexibility index (Phi) is 24.5. The zero-order valence-electron chi connectivity index (χ0n) is 42.7. The van der Waals surface area contributed by atoms with Gasteiger partial charge in [0.15, 0.2) is 5.96 Å². The third-order valence-corrected chi connectivity index (χ3v) is 12.4. The summed E-state index contributed by atoms with van der Waals surface area (Å²) in [6.07, 6.45) is 7.02. The molecule has 0 saturated carbocycles. The van der Waals surface area contributed by atoms with Crippen LogP contribution in [0.1, 0.15) is 77.8 Å². The summed E-state index contributed by atoms with van der Waals surface area (Å²) >= 11 is 0. The monoisotopic (exact) mass is 1020 g/mol. The van der Waals surface area contributed by atoms with Gasteiger partial charge in [-0.2, -0.15) is 0 Å². The molecule has 3 aromatic rings. The van der Waals surface area contributed by atoms with Gasteiger partial charge in [-0.05, 0) is 43.4 Å². The number of piperazine rings is 1. The van der Waals surface area contributed by atoms with Crippen LogP contribution in [0.25, 0.3) is 10.9 Å². The van der Waals surface area contributed by atoms with Gasteiger partial charge in [-0.25, -0.2) is 9.97 Å². The molecule has 0 bridgehead atoms. The van der Waals surface area contributed by atoms with E-state index < -0.39 is 65.8 Å². The van der Waals surface area contributed by atoms with Gasteiger partial charge in [-0.1, -0.05) is 40.0 Å². The summed E-state index contributed by atoms with van der Waals surface area (Å²) in [5.41, 5.74) is 12.1. The molecule has 1 aromatic carbocycles. The number of rotatable bonds is 31. The quantitative estimate of drug-likeness (QED) is 0.0202. The lowest BCUT2D eigenvalue weighted by Gasteiger charge is -2.38. The Hall–Kier alpha value is -7.15. The van der Waals surface area contributed by atoms with Crippen molar-refractivity contribution in [2.75, 3.05) is 78.1 Å². The molecule has 7 amide bonds. The summed E-state index contributed by atoms with van der Waals surface area (Å²) in [6, 6.07) is 1.36. The lowest BCUT2D eigenvalue weighted by atomic mass is 9.97. The average Bonchev–Trinajstić information content (AvgIpc) is 3.91. The Balaban J connectivity index is 1.38. The van der Waals surface area contributed by atoms with Crippen molar-refractivity contribution in [3.8, 4) is 0 Å². The second kappa shape index (κ2) is 30.7. The van der Waals surface area contributed by atoms with E-state index >= 15 is 0 Å². The number of carbonyl (C=O) groups excluding carboxylic acids is 7. The molecule has 1 fully saturated rings. The summed E-state index contributed by atoms with van der Waals surface area (Å²) in [7, 11) is 3.01. The van der Waals surface area contributed by atoms with Crippen LogP contribution in [0.2, 0.25) is 0 Å². The zero-order chi connectivity index (χ0) is 53.3. The number of imidazole rings is 1. The first-order valence-electron chi connectivity index (χ1n) is 24.9. The summed E-state index contributed by atoms with van der Waals surface area (Å²) in [5, 5.41) is 16.6. The Bertz CT molecular complexity index is 2370. The van der Waals surface area contributed by atoms with E-state index in [0.29, 0.717) is 88.6 Å². The molecule has 5 atom stereocenters. The summed E-state index contributed by atoms with van der Waals surface area (Å²) in [6.45, 7) is 8.37. The maximum absolute atomic E-state index is 14.1. The number of guanidine groups is 1. The molecule has 11 N–H and O–H groups in total. The first-order valence-corrected chi connectivity index (χ1v) is 24.9. The van der Waals surface area contributed by atoms with Gasteiger partial charge in [0.25, 0.3) is 5.56 Å². The number of amides is 7. The molecule has 1 saturated heterocycles. The molecular formula is C48H75N15O10. The van der Waals surface area contributed by atoms with Gasteiger partial charge in [-0.3, -0.25) is 47.9 Å². The minimum absolute atomic E-state index is 0.0667. The molecule has 1 aliphatic rings. The van der Waals surface area contributed by atoms with Crippen LogP contribution in [0.15, 0.2) is 46.8 Å². The van der Waals surface area contributed by atoms with Crippen LogP contribution in [0.5, 0.6) is 0 Å². The van der Waals surface area contributed by atoms with E-state index in [2.05, 4.69) is 51.8 Å². The van der Waals surface area contributed by atoms with E-state index in [4.69, 9.17) is 20.9 Å².